The molecule has 1 unspecified atom stereocenters. The van der Waals surface area contributed by atoms with Crippen LogP contribution in [0, 0.1) is 12.8 Å². The van der Waals surface area contributed by atoms with Crippen LogP contribution in [0.2, 0.25) is 0 Å². The van der Waals surface area contributed by atoms with E-state index in [9.17, 15) is 0 Å². The molecule has 20 heavy (non-hydrogen) atoms. The van der Waals surface area contributed by atoms with E-state index in [1.807, 2.05) is 11.3 Å². The van der Waals surface area contributed by atoms with Gasteiger partial charge in [-0.1, -0.05) is 20.3 Å². The molecule has 1 fully saturated rings. The Bertz CT molecular complexity index is 400. The van der Waals surface area contributed by atoms with Gasteiger partial charge in [-0.15, -0.1) is 11.3 Å². The molecule has 2 nitrogen and oxygen atoms in total. The fraction of sp³-hybridized carbons (Fsp3) is 0.765. The van der Waals surface area contributed by atoms with E-state index in [0.717, 1.165) is 25.6 Å². The quantitative estimate of drug-likeness (QED) is 0.847. The lowest BCUT2D eigenvalue weighted by atomic mass is 9.98. The highest BCUT2D eigenvalue weighted by molar-refractivity contribution is 7.12. The summed E-state index contributed by atoms with van der Waals surface area (Å²) in [5.41, 5.74) is 1.55. The van der Waals surface area contributed by atoms with Crippen LogP contribution in [0.1, 0.15) is 54.8 Å². The maximum Gasteiger partial charge on any atom is 0.0299 e. The average Bonchev–Trinajstić information content (AvgIpc) is 2.65. The van der Waals surface area contributed by atoms with Gasteiger partial charge in [0.25, 0.3) is 0 Å². The number of nitrogens with one attached hydrogen (secondary N) is 1. The third-order valence-corrected chi connectivity index (χ3v) is 5.63. The number of nitrogens with zero attached hydrogens (tertiary/aromatic N) is 1. The topological polar surface area (TPSA) is 15.3 Å². The molecule has 0 bridgehead atoms. The van der Waals surface area contributed by atoms with Crippen LogP contribution in [0.4, 0.5) is 0 Å². The smallest absolute Gasteiger partial charge is 0.0299 e. The number of thiophene rings is 1. The van der Waals surface area contributed by atoms with Crippen LogP contribution in [-0.2, 0) is 13.1 Å². The largest absolute Gasteiger partial charge is 0.312 e. The monoisotopic (exact) mass is 294 g/mol. The predicted molar refractivity (Wildman–Crippen MR) is 89.3 cm³/mol. The molecule has 1 aliphatic heterocycles. The van der Waals surface area contributed by atoms with Crippen molar-refractivity contribution in [2.45, 2.75) is 59.5 Å². The van der Waals surface area contributed by atoms with Gasteiger partial charge in [0.05, 0.1) is 0 Å². The number of hydrogen-bond acceptors (Lipinski definition) is 3. The van der Waals surface area contributed by atoms with E-state index in [1.54, 1.807) is 5.56 Å². The van der Waals surface area contributed by atoms with Crippen LogP contribution in [0.25, 0.3) is 0 Å². The van der Waals surface area contributed by atoms with E-state index in [2.05, 4.69) is 37.1 Å². The number of rotatable bonds is 6. The van der Waals surface area contributed by atoms with E-state index in [-0.39, 0.29) is 0 Å². The molecular weight excluding hydrogens is 264 g/mol. The molecule has 1 aromatic heterocycles. The van der Waals surface area contributed by atoms with Crippen LogP contribution in [0.15, 0.2) is 6.07 Å². The highest BCUT2D eigenvalue weighted by Crippen LogP contribution is 2.25. The van der Waals surface area contributed by atoms with Gasteiger partial charge in [-0.25, -0.2) is 0 Å². The molecule has 0 aliphatic carbocycles. The summed E-state index contributed by atoms with van der Waals surface area (Å²) in [5, 5.41) is 3.43. The van der Waals surface area contributed by atoms with Crippen molar-refractivity contribution in [1.29, 1.82) is 0 Å². The van der Waals surface area contributed by atoms with Gasteiger partial charge in [0.1, 0.15) is 0 Å². The molecule has 3 heteroatoms. The van der Waals surface area contributed by atoms with E-state index in [4.69, 9.17) is 0 Å². The van der Waals surface area contributed by atoms with Crippen molar-refractivity contribution in [2.24, 2.45) is 5.92 Å². The maximum absolute atomic E-state index is 3.43. The lowest BCUT2D eigenvalue weighted by Gasteiger charge is -2.20. The summed E-state index contributed by atoms with van der Waals surface area (Å²) in [6.45, 7) is 12.6. The van der Waals surface area contributed by atoms with E-state index < -0.39 is 0 Å². The molecule has 2 rings (SSSR count). The maximum atomic E-state index is 3.43. The molecule has 0 radical (unpaired) electrons. The minimum Gasteiger partial charge on any atom is -0.312 e. The van der Waals surface area contributed by atoms with Gasteiger partial charge < -0.3 is 5.32 Å². The standard InChI is InChI=1S/C17H30N2S/c1-4-15-7-6-9-19(10-8-15)13-16-11-17(12-18-5-2)20-14(16)3/h11,15,18H,4-10,12-13H2,1-3H3. The van der Waals surface area contributed by atoms with Crippen molar-refractivity contribution in [3.63, 3.8) is 0 Å². The summed E-state index contributed by atoms with van der Waals surface area (Å²) < 4.78 is 0. The zero-order valence-corrected chi connectivity index (χ0v) is 14.2. The summed E-state index contributed by atoms with van der Waals surface area (Å²) in [7, 11) is 0. The van der Waals surface area contributed by atoms with Crippen LogP contribution < -0.4 is 5.32 Å². The van der Waals surface area contributed by atoms with E-state index >= 15 is 0 Å². The highest BCUT2D eigenvalue weighted by Gasteiger charge is 2.17. The van der Waals surface area contributed by atoms with Crippen molar-refractivity contribution in [2.75, 3.05) is 19.6 Å². The molecule has 0 saturated carbocycles. The van der Waals surface area contributed by atoms with E-state index in [1.165, 1.54) is 48.5 Å². The zero-order chi connectivity index (χ0) is 14.4. The summed E-state index contributed by atoms with van der Waals surface area (Å²) in [6.07, 6.45) is 5.56. The van der Waals surface area contributed by atoms with Crippen molar-refractivity contribution in [1.82, 2.24) is 10.2 Å². The van der Waals surface area contributed by atoms with Crippen molar-refractivity contribution >= 4 is 11.3 Å². The second kappa shape index (κ2) is 8.16. The second-order valence-corrected chi connectivity index (χ2v) is 7.40. The van der Waals surface area contributed by atoms with Crippen LogP contribution in [0.5, 0.6) is 0 Å². The first kappa shape index (κ1) is 16.0. The fourth-order valence-corrected chi connectivity index (χ4v) is 4.14. The third-order valence-electron chi connectivity index (χ3n) is 4.53. The average molecular weight is 295 g/mol. The second-order valence-electron chi connectivity index (χ2n) is 6.06. The minimum absolute atomic E-state index is 0.966. The first-order valence-corrected chi connectivity index (χ1v) is 9.05. The van der Waals surface area contributed by atoms with Crippen molar-refractivity contribution in [3.05, 3.63) is 21.4 Å². The minimum atomic E-state index is 0.966. The third kappa shape index (κ3) is 4.57. The predicted octanol–water partition coefficient (Wildman–Crippen LogP) is 4.18. The van der Waals surface area contributed by atoms with Crippen molar-refractivity contribution in [3.8, 4) is 0 Å². The van der Waals surface area contributed by atoms with Gasteiger partial charge in [-0.3, -0.25) is 4.90 Å². The molecule has 1 aromatic rings. The number of aryl methyl sites for hydroxylation is 1. The van der Waals surface area contributed by atoms with Gasteiger partial charge in [0.2, 0.25) is 0 Å². The molecule has 2 heterocycles. The Kier molecular flexibility index (Phi) is 6.53. The van der Waals surface area contributed by atoms with Crippen LogP contribution in [0.3, 0.4) is 0 Å². The van der Waals surface area contributed by atoms with Gasteiger partial charge in [-0.05, 0) is 63.4 Å². The molecule has 0 aromatic carbocycles. The Morgan fingerprint density at radius 1 is 1.30 bits per heavy atom. The Morgan fingerprint density at radius 2 is 2.15 bits per heavy atom. The van der Waals surface area contributed by atoms with Gasteiger partial charge in [-0.2, -0.15) is 0 Å². The molecule has 0 spiro atoms. The fourth-order valence-electron chi connectivity index (χ4n) is 3.11. The Balaban J connectivity index is 1.90. The van der Waals surface area contributed by atoms with Gasteiger partial charge in [0.15, 0.2) is 0 Å². The zero-order valence-electron chi connectivity index (χ0n) is 13.4. The molecule has 0 amide bonds. The summed E-state index contributed by atoms with van der Waals surface area (Å²) in [5.74, 6) is 0.966. The molecule has 1 saturated heterocycles. The molecule has 114 valence electrons. The lowest BCUT2D eigenvalue weighted by Crippen LogP contribution is -2.24. The number of likely N-dealkylation sites (tertiary alicyclic amines) is 1. The molecule has 1 N–H and O–H groups in total. The van der Waals surface area contributed by atoms with Gasteiger partial charge in [0, 0.05) is 22.8 Å². The van der Waals surface area contributed by atoms with Crippen molar-refractivity contribution < 1.29 is 0 Å². The van der Waals surface area contributed by atoms with Crippen LogP contribution >= 0.6 is 11.3 Å². The first-order valence-electron chi connectivity index (χ1n) is 8.24. The lowest BCUT2D eigenvalue weighted by molar-refractivity contribution is 0.272. The Morgan fingerprint density at radius 3 is 2.90 bits per heavy atom. The molecule has 1 atom stereocenters. The highest BCUT2D eigenvalue weighted by atomic mass is 32.1. The summed E-state index contributed by atoms with van der Waals surface area (Å²) in [6, 6.07) is 2.42. The molecule has 1 aliphatic rings. The van der Waals surface area contributed by atoms with E-state index in [0.29, 0.717) is 0 Å². The SMILES string of the molecule is CCNCc1cc(CN2CCCC(CC)CC2)c(C)s1. The van der Waals surface area contributed by atoms with Gasteiger partial charge >= 0.3 is 0 Å². The Labute approximate surface area is 128 Å². The first-order chi connectivity index (χ1) is 9.72. The normalized spacial score (nSPS) is 21.1. The van der Waals surface area contributed by atoms with Crippen LogP contribution in [-0.4, -0.2) is 24.5 Å². The summed E-state index contributed by atoms with van der Waals surface area (Å²) in [4.78, 5) is 5.66. The summed E-state index contributed by atoms with van der Waals surface area (Å²) >= 11 is 1.96. The molecular formula is C17H30N2S. The Hall–Kier alpha value is -0.380. The number of hydrogen-bond donors (Lipinski definition) is 1.